The van der Waals surface area contributed by atoms with Crippen molar-refractivity contribution in [2.45, 2.75) is 18.1 Å². The largest absolute Gasteiger partial charge is 0.495 e. The van der Waals surface area contributed by atoms with Crippen LogP contribution in [0.1, 0.15) is 18.5 Å². The highest BCUT2D eigenvalue weighted by molar-refractivity contribution is 7.99. The molecular formula is C21H22N4O4S. The zero-order chi connectivity index (χ0) is 20.9. The number of methoxy groups -OCH3 is 1. The number of amides is 1. The van der Waals surface area contributed by atoms with Gasteiger partial charge in [-0.3, -0.25) is 9.36 Å². The molecule has 0 saturated heterocycles. The summed E-state index contributed by atoms with van der Waals surface area (Å²) in [4.78, 5) is 12.5. The molecule has 9 heteroatoms. The van der Waals surface area contributed by atoms with Gasteiger partial charge < -0.3 is 19.5 Å². The van der Waals surface area contributed by atoms with Gasteiger partial charge in [0.25, 0.3) is 0 Å². The molecular weight excluding hydrogens is 404 g/mol. The lowest BCUT2D eigenvalue weighted by atomic mass is 10.1. The second-order valence-electron chi connectivity index (χ2n) is 6.64. The molecule has 156 valence electrons. The molecule has 1 aliphatic heterocycles. The summed E-state index contributed by atoms with van der Waals surface area (Å²) in [5.74, 6) is 2.25. The third-order valence-electron chi connectivity index (χ3n) is 4.64. The summed E-state index contributed by atoms with van der Waals surface area (Å²) in [5.41, 5.74) is 1.77. The fourth-order valence-electron chi connectivity index (χ4n) is 3.14. The minimum absolute atomic E-state index is 0.100. The van der Waals surface area contributed by atoms with Crippen LogP contribution in [0.15, 0.2) is 53.9 Å². The molecule has 1 aliphatic rings. The van der Waals surface area contributed by atoms with Gasteiger partial charge in [-0.15, -0.1) is 10.2 Å². The lowest BCUT2D eigenvalue weighted by Gasteiger charge is -2.21. The van der Waals surface area contributed by atoms with Crippen LogP contribution in [0.2, 0.25) is 0 Å². The predicted octanol–water partition coefficient (Wildman–Crippen LogP) is 3.02. The number of hydrogen-bond donors (Lipinski definition) is 1. The van der Waals surface area contributed by atoms with Crippen LogP contribution in [0.4, 0.5) is 0 Å². The molecule has 8 nitrogen and oxygen atoms in total. The molecule has 0 fully saturated rings. The van der Waals surface area contributed by atoms with Crippen LogP contribution in [-0.2, 0) is 4.79 Å². The van der Waals surface area contributed by atoms with Crippen LogP contribution >= 0.6 is 11.8 Å². The molecule has 1 aromatic heterocycles. The van der Waals surface area contributed by atoms with Crippen LogP contribution in [0.3, 0.4) is 0 Å². The first-order chi connectivity index (χ1) is 14.7. The van der Waals surface area contributed by atoms with Gasteiger partial charge in [0.1, 0.15) is 25.3 Å². The molecule has 2 aromatic carbocycles. The van der Waals surface area contributed by atoms with Crippen LogP contribution in [0.25, 0.3) is 5.69 Å². The van der Waals surface area contributed by atoms with E-state index in [2.05, 4.69) is 15.5 Å². The number of benzene rings is 2. The van der Waals surface area contributed by atoms with E-state index in [4.69, 9.17) is 14.2 Å². The van der Waals surface area contributed by atoms with Crippen molar-refractivity contribution >= 4 is 17.7 Å². The maximum Gasteiger partial charge on any atom is 0.230 e. The van der Waals surface area contributed by atoms with E-state index in [1.165, 1.54) is 11.8 Å². The van der Waals surface area contributed by atoms with Gasteiger partial charge >= 0.3 is 0 Å². The molecule has 0 radical (unpaired) electrons. The Morgan fingerprint density at radius 3 is 2.87 bits per heavy atom. The van der Waals surface area contributed by atoms with Crippen molar-refractivity contribution in [3.05, 3.63) is 54.4 Å². The molecule has 3 aromatic rings. The Hall–Kier alpha value is -3.20. The van der Waals surface area contributed by atoms with Crippen molar-refractivity contribution in [3.8, 4) is 22.9 Å². The van der Waals surface area contributed by atoms with E-state index in [1.807, 2.05) is 49.4 Å². The van der Waals surface area contributed by atoms with E-state index in [0.29, 0.717) is 29.9 Å². The van der Waals surface area contributed by atoms with Crippen LogP contribution < -0.4 is 19.5 Å². The van der Waals surface area contributed by atoms with Gasteiger partial charge in [-0.25, -0.2) is 0 Å². The number of carbonyl (C=O) groups excluding carboxylic acids is 1. The third-order valence-corrected chi connectivity index (χ3v) is 5.58. The van der Waals surface area contributed by atoms with Crippen molar-refractivity contribution in [2.75, 3.05) is 26.1 Å². The van der Waals surface area contributed by atoms with Crippen molar-refractivity contribution in [2.24, 2.45) is 0 Å². The molecule has 0 unspecified atom stereocenters. The topological polar surface area (TPSA) is 87.5 Å². The number of thioether (sulfide) groups is 1. The van der Waals surface area contributed by atoms with Gasteiger partial charge in [0.2, 0.25) is 5.91 Å². The zero-order valence-corrected chi connectivity index (χ0v) is 17.5. The lowest BCUT2D eigenvalue weighted by Crippen LogP contribution is -2.28. The number of para-hydroxylation sites is 2. The maximum absolute atomic E-state index is 12.5. The van der Waals surface area contributed by atoms with Gasteiger partial charge in [-0.1, -0.05) is 30.0 Å². The number of hydrogen-bond acceptors (Lipinski definition) is 7. The highest BCUT2D eigenvalue weighted by atomic mass is 32.2. The fraction of sp³-hybridized carbons (Fsp3) is 0.286. The number of fused-ring (bicyclic) bond motifs is 1. The van der Waals surface area contributed by atoms with E-state index in [-0.39, 0.29) is 17.7 Å². The SMILES string of the molecule is COc1ccccc1-n1cnnc1SCC(=O)N[C@@H](C)c1ccc2c(c1)OCCO2. The van der Waals surface area contributed by atoms with Crippen molar-refractivity contribution in [3.63, 3.8) is 0 Å². The number of nitrogens with one attached hydrogen (secondary N) is 1. The van der Waals surface area contributed by atoms with Crippen molar-refractivity contribution in [1.82, 2.24) is 20.1 Å². The third kappa shape index (κ3) is 4.35. The first kappa shape index (κ1) is 20.1. The van der Waals surface area contributed by atoms with E-state index in [0.717, 1.165) is 17.0 Å². The van der Waals surface area contributed by atoms with Crippen molar-refractivity contribution in [1.29, 1.82) is 0 Å². The minimum Gasteiger partial charge on any atom is -0.495 e. The standard InChI is InChI=1S/C21H22N4O4S/c1-14(15-7-8-18-19(11-15)29-10-9-28-18)23-20(26)12-30-21-24-22-13-25(21)16-5-3-4-6-17(16)27-2/h3-8,11,13-14H,9-10,12H2,1-2H3,(H,23,26)/t14-/m0/s1. The highest BCUT2D eigenvalue weighted by Crippen LogP contribution is 2.32. The number of aromatic nitrogens is 3. The van der Waals surface area contributed by atoms with Gasteiger partial charge in [-0.2, -0.15) is 0 Å². The van der Waals surface area contributed by atoms with Gasteiger partial charge in [-0.05, 0) is 36.8 Å². The summed E-state index contributed by atoms with van der Waals surface area (Å²) < 4.78 is 18.4. The van der Waals surface area contributed by atoms with Gasteiger partial charge in [0.15, 0.2) is 16.7 Å². The second kappa shape index (κ2) is 9.08. The maximum atomic E-state index is 12.5. The quantitative estimate of drug-likeness (QED) is 0.581. The molecule has 4 rings (SSSR count). The van der Waals surface area contributed by atoms with Gasteiger partial charge in [0, 0.05) is 0 Å². The Labute approximate surface area is 178 Å². The van der Waals surface area contributed by atoms with E-state index >= 15 is 0 Å². The van der Waals surface area contributed by atoms with E-state index < -0.39 is 0 Å². The summed E-state index contributed by atoms with van der Waals surface area (Å²) in [7, 11) is 1.61. The average molecular weight is 426 g/mol. The Bertz CT molecular complexity index is 1040. The summed E-state index contributed by atoms with van der Waals surface area (Å²) in [6.45, 7) is 3.02. The first-order valence-electron chi connectivity index (χ1n) is 9.51. The minimum atomic E-state index is -0.166. The summed E-state index contributed by atoms with van der Waals surface area (Å²) in [6.07, 6.45) is 1.61. The smallest absolute Gasteiger partial charge is 0.230 e. The Morgan fingerprint density at radius 1 is 1.23 bits per heavy atom. The molecule has 1 atom stereocenters. The molecule has 0 aliphatic carbocycles. The summed E-state index contributed by atoms with van der Waals surface area (Å²) in [6, 6.07) is 13.1. The second-order valence-corrected chi connectivity index (χ2v) is 7.58. The zero-order valence-electron chi connectivity index (χ0n) is 16.7. The number of nitrogens with zero attached hydrogens (tertiary/aromatic N) is 3. The predicted molar refractivity (Wildman–Crippen MR) is 113 cm³/mol. The average Bonchev–Trinajstić information content (AvgIpc) is 3.25. The van der Waals surface area contributed by atoms with Crippen LogP contribution in [0, 0.1) is 0 Å². The van der Waals surface area contributed by atoms with Crippen molar-refractivity contribution < 1.29 is 19.0 Å². The molecule has 0 spiro atoms. The number of carbonyl (C=O) groups is 1. The Balaban J connectivity index is 1.38. The fourth-order valence-corrected chi connectivity index (χ4v) is 3.88. The highest BCUT2D eigenvalue weighted by Gasteiger charge is 2.17. The normalized spacial score (nSPS) is 13.5. The van der Waals surface area contributed by atoms with Crippen LogP contribution in [0.5, 0.6) is 17.2 Å². The molecule has 1 amide bonds. The van der Waals surface area contributed by atoms with E-state index in [9.17, 15) is 4.79 Å². The van der Waals surface area contributed by atoms with Gasteiger partial charge in [0.05, 0.1) is 24.6 Å². The first-order valence-corrected chi connectivity index (χ1v) is 10.5. The molecule has 30 heavy (non-hydrogen) atoms. The molecule has 0 saturated carbocycles. The lowest BCUT2D eigenvalue weighted by molar-refractivity contribution is -0.119. The Morgan fingerprint density at radius 2 is 2.03 bits per heavy atom. The molecule has 0 bridgehead atoms. The van der Waals surface area contributed by atoms with E-state index in [1.54, 1.807) is 18.0 Å². The molecule has 2 heterocycles. The summed E-state index contributed by atoms with van der Waals surface area (Å²) >= 11 is 1.31. The summed E-state index contributed by atoms with van der Waals surface area (Å²) in [5, 5.41) is 11.7. The number of ether oxygens (including phenoxy) is 3. The number of rotatable bonds is 7. The Kier molecular flexibility index (Phi) is 6.08. The molecule has 1 N–H and O–H groups in total. The monoisotopic (exact) mass is 426 g/mol. The van der Waals surface area contributed by atoms with Crippen LogP contribution in [-0.4, -0.2) is 46.7 Å².